The lowest BCUT2D eigenvalue weighted by Crippen LogP contribution is -2.20. The molecule has 3 atom stereocenters. The van der Waals surface area contributed by atoms with Gasteiger partial charge in [-0.05, 0) is 55.2 Å². The van der Waals surface area contributed by atoms with Crippen molar-refractivity contribution in [3.8, 4) is 0 Å². The van der Waals surface area contributed by atoms with E-state index in [9.17, 15) is 9.59 Å². The molecule has 4 nitrogen and oxygen atoms in total. The maximum absolute atomic E-state index is 12.1. The molecule has 0 radical (unpaired) electrons. The van der Waals surface area contributed by atoms with Crippen LogP contribution >= 0.6 is 11.6 Å². The van der Waals surface area contributed by atoms with Crippen molar-refractivity contribution in [2.75, 3.05) is 5.32 Å². The van der Waals surface area contributed by atoms with E-state index in [1.165, 1.54) is 37.8 Å². The maximum atomic E-state index is 12.1. The Labute approximate surface area is 128 Å². The number of carbonyl (C=O) groups excluding carboxylic acids is 1. The summed E-state index contributed by atoms with van der Waals surface area (Å²) in [7, 11) is 0. The molecular formula is C16H18ClNO3. The van der Waals surface area contributed by atoms with Crippen LogP contribution in [0.25, 0.3) is 0 Å². The van der Waals surface area contributed by atoms with Crippen LogP contribution in [0.3, 0.4) is 0 Å². The molecule has 1 aromatic rings. The third-order valence-electron chi connectivity index (χ3n) is 4.82. The van der Waals surface area contributed by atoms with Gasteiger partial charge in [-0.2, -0.15) is 0 Å². The van der Waals surface area contributed by atoms with Crippen LogP contribution in [-0.2, 0) is 4.79 Å². The molecule has 0 saturated heterocycles. The van der Waals surface area contributed by atoms with Crippen molar-refractivity contribution in [1.82, 2.24) is 0 Å². The molecule has 1 aromatic carbocycles. The molecule has 1 amide bonds. The number of amides is 1. The predicted octanol–water partition coefficient (Wildman–Crippen LogP) is 3.80. The van der Waals surface area contributed by atoms with Gasteiger partial charge < -0.3 is 10.4 Å². The molecule has 0 aliphatic heterocycles. The summed E-state index contributed by atoms with van der Waals surface area (Å²) in [5, 5.41) is 11.9. The van der Waals surface area contributed by atoms with E-state index in [4.69, 9.17) is 16.7 Å². The van der Waals surface area contributed by atoms with Gasteiger partial charge in [0.1, 0.15) is 0 Å². The number of aromatic carboxylic acids is 1. The average molecular weight is 308 g/mol. The number of halogens is 1. The molecule has 5 heteroatoms. The second-order valence-electron chi connectivity index (χ2n) is 6.19. The van der Waals surface area contributed by atoms with Crippen LogP contribution in [0.2, 0.25) is 5.02 Å². The average Bonchev–Trinajstić information content (AvgIpc) is 3.03. The minimum atomic E-state index is -1.03. The number of carboxylic acid groups (broad SMARTS) is 1. The van der Waals surface area contributed by atoms with Gasteiger partial charge in [0.25, 0.3) is 0 Å². The predicted molar refractivity (Wildman–Crippen MR) is 80.6 cm³/mol. The fourth-order valence-electron chi connectivity index (χ4n) is 3.82. The molecule has 2 fully saturated rings. The zero-order chi connectivity index (χ0) is 15.0. The lowest BCUT2D eigenvalue weighted by molar-refractivity contribution is -0.117. The third kappa shape index (κ3) is 3.05. The fourth-order valence-corrected chi connectivity index (χ4v) is 4.04. The highest BCUT2D eigenvalue weighted by atomic mass is 35.5. The van der Waals surface area contributed by atoms with Crippen LogP contribution in [0.5, 0.6) is 0 Å². The topological polar surface area (TPSA) is 66.4 Å². The third-order valence-corrected chi connectivity index (χ3v) is 5.13. The maximum Gasteiger partial charge on any atom is 0.335 e. The zero-order valence-corrected chi connectivity index (χ0v) is 12.4. The summed E-state index contributed by atoms with van der Waals surface area (Å²) in [5.74, 6) is 0.979. The molecule has 21 heavy (non-hydrogen) atoms. The minimum absolute atomic E-state index is 0.0301. The molecule has 2 aliphatic carbocycles. The lowest BCUT2D eigenvalue weighted by Gasteiger charge is -2.21. The van der Waals surface area contributed by atoms with E-state index in [2.05, 4.69) is 5.32 Å². The molecule has 3 unspecified atom stereocenters. The van der Waals surface area contributed by atoms with E-state index >= 15 is 0 Å². The first-order chi connectivity index (χ1) is 10.0. The number of fused-ring (bicyclic) bond motifs is 2. The Bertz CT molecular complexity index is 587. The monoisotopic (exact) mass is 307 g/mol. The van der Waals surface area contributed by atoms with Crippen LogP contribution in [-0.4, -0.2) is 17.0 Å². The summed E-state index contributed by atoms with van der Waals surface area (Å²) >= 11 is 6.02. The molecule has 2 aliphatic rings. The highest BCUT2D eigenvalue weighted by molar-refractivity contribution is 6.34. The van der Waals surface area contributed by atoms with Gasteiger partial charge in [0.05, 0.1) is 16.3 Å². The van der Waals surface area contributed by atoms with E-state index < -0.39 is 5.97 Å². The molecule has 2 N–H and O–H groups in total. The summed E-state index contributed by atoms with van der Waals surface area (Å²) in [6, 6.07) is 4.35. The Morgan fingerprint density at radius 1 is 1.29 bits per heavy atom. The number of carboxylic acids is 1. The number of nitrogens with one attached hydrogen (secondary N) is 1. The van der Waals surface area contributed by atoms with Crippen molar-refractivity contribution in [3.05, 3.63) is 28.8 Å². The smallest absolute Gasteiger partial charge is 0.335 e. The largest absolute Gasteiger partial charge is 0.478 e. The van der Waals surface area contributed by atoms with Crippen LogP contribution in [0.15, 0.2) is 18.2 Å². The van der Waals surface area contributed by atoms with Gasteiger partial charge >= 0.3 is 5.97 Å². The molecule has 3 rings (SSSR count). The van der Waals surface area contributed by atoms with Crippen LogP contribution in [0.1, 0.15) is 42.5 Å². The van der Waals surface area contributed by atoms with E-state index in [0.29, 0.717) is 23.9 Å². The minimum Gasteiger partial charge on any atom is -0.478 e. The first kappa shape index (κ1) is 14.4. The normalized spacial score (nSPS) is 26.8. The second kappa shape index (κ2) is 5.68. The number of carbonyl (C=O) groups is 2. The number of benzene rings is 1. The van der Waals surface area contributed by atoms with Gasteiger partial charge in [-0.25, -0.2) is 4.79 Å². The molecule has 0 spiro atoms. The van der Waals surface area contributed by atoms with E-state index in [-0.39, 0.29) is 16.5 Å². The van der Waals surface area contributed by atoms with E-state index in [0.717, 1.165) is 5.92 Å². The molecule has 2 bridgehead atoms. The SMILES string of the molecule is O=C(CC1CC2CCC1C2)Nc1ccc(C(=O)O)cc1Cl. The van der Waals surface area contributed by atoms with Gasteiger partial charge in [0.15, 0.2) is 0 Å². The van der Waals surface area contributed by atoms with Gasteiger partial charge in [-0.15, -0.1) is 0 Å². The Balaban J connectivity index is 1.61. The van der Waals surface area contributed by atoms with Crippen molar-refractivity contribution in [3.63, 3.8) is 0 Å². The Kier molecular flexibility index (Phi) is 3.89. The lowest BCUT2D eigenvalue weighted by atomic mass is 9.86. The first-order valence-corrected chi connectivity index (χ1v) is 7.73. The van der Waals surface area contributed by atoms with Crippen molar-refractivity contribution in [1.29, 1.82) is 0 Å². The van der Waals surface area contributed by atoms with E-state index in [1.807, 2.05) is 0 Å². The number of hydrogen-bond acceptors (Lipinski definition) is 2. The highest BCUT2D eigenvalue weighted by Crippen LogP contribution is 2.49. The molecule has 112 valence electrons. The molecule has 0 heterocycles. The number of anilines is 1. The zero-order valence-electron chi connectivity index (χ0n) is 11.6. The number of rotatable bonds is 4. The quantitative estimate of drug-likeness (QED) is 0.889. The number of hydrogen-bond donors (Lipinski definition) is 2. The summed E-state index contributed by atoms with van der Waals surface area (Å²) in [6.45, 7) is 0. The molecule has 2 saturated carbocycles. The van der Waals surface area contributed by atoms with E-state index in [1.54, 1.807) is 6.07 Å². The second-order valence-corrected chi connectivity index (χ2v) is 6.59. The van der Waals surface area contributed by atoms with Crippen LogP contribution in [0, 0.1) is 17.8 Å². The summed E-state index contributed by atoms with van der Waals surface area (Å²) in [6.07, 6.45) is 5.58. The molecule has 0 aromatic heterocycles. The highest BCUT2D eigenvalue weighted by Gasteiger charge is 2.40. The van der Waals surface area contributed by atoms with Crippen molar-refractivity contribution < 1.29 is 14.7 Å². The van der Waals surface area contributed by atoms with Gasteiger partial charge in [-0.3, -0.25) is 4.79 Å². The van der Waals surface area contributed by atoms with Gasteiger partial charge in [0, 0.05) is 6.42 Å². The van der Waals surface area contributed by atoms with Gasteiger partial charge in [-0.1, -0.05) is 18.0 Å². The van der Waals surface area contributed by atoms with Crippen molar-refractivity contribution in [2.45, 2.75) is 32.1 Å². The van der Waals surface area contributed by atoms with Crippen molar-refractivity contribution in [2.24, 2.45) is 17.8 Å². The Morgan fingerprint density at radius 2 is 2.10 bits per heavy atom. The van der Waals surface area contributed by atoms with Crippen LogP contribution < -0.4 is 5.32 Å². The first-order valence-electron chi connectivity index (χ1n) is 7.35. The van der Waals surface area contributed by atoms with Crippen molar-refractivity contribution >= 4 is 29.2 Å². The Hall–Kier alpha value is -1.55. The molecular weight excluding hydrogens is 290 g/mol. The standard InChI is InChI=1S/C16H18ClNO3/c17-13-7-11(16(20)21)3-4-14(13)18-15(19)8-12-6-9-1-2-10(12)5-9/h3-4,7,9-10,12H,1-2,5-6,8H2,(H,18,19)(H,20,21). The van der Waals surface area contributed by atoms with Crippen LogP contribution in [0.4, 0.5) is 5.69 Å². The fraction of sp³-hybridized carbons (Fsp3) is 0.500. The van der Waals surface area contributed by atoms with Gasteiger partial charge in [0.2, 0.25) is 5.91 Å². The summed E-state index contributed by atoms with van der Waals surface area (Å²) in [5.41, 5.74) is 0.598. The Morgan fingerprint density at radius 3 is 2.67 bits per heavy atom. The summed E-state index contributed by atoms with van der Waals surface area (Å²) < 4.78 is 0. The summed E-state index contributed by atoms with van der Waals surface area (Å²) in [4.78, 5) is 23.0.